The molecule has 0 spiro atoms. The van der Waals surface area contributed by atoms with Gasteiger partial charge in [0, 0.05) is 31.9 Å². The fourth-order valence-corrected chi connectivity index (χ4v) is 2.62. The van der Waals surface area contributed by atoms with Crippen LogP contribution in [0.5, 0.6) is 0 Å². The van der Waals surface area contributed by atoms with Gasteiger partial charge in [0.25, 0.3) is 0 Å². The average Bonchev–Trinajstić information content (AvgIpc) is 2.51. The minimum absolute atomic E-state index is 0.713. The highest BCUT2D eigenvalue weighted by Gasteiger charge is 2.26. The number of nitrogens with one attached hydrogen (secondary N) is 1. The fourth-order valence-electron chi connectivity index (χ4n) is 2.62. The van der Waals surface area contributed by atoms with Crippen molar-refractivity contribution in [1.29, 1.82) is 0 Å². The number of fused-ring (bicyclic) bond motifs is 1. The molecule has 1 N–H and O–H groups in total. The zero-order valence-corrected chi connectivity index (χ0v) is 9.38. The molecule has 2 heteroatoms. The Kier molecular flexibility index (Phi) is 2.64. The van der Waals surface area contributed by atoms with Crippen molar-refractivity contribution in [3.8, 4) is 0 Å². The molecule has 2 unspecified atom stereocenters. The van der Waals surface area contributed by atoms with Crippen LogP contribution in [0.3, 0.4) is 0 Å². The summed E-state index contributed by atoms with van der Waals surface area (Å²) in [4.78, 5) is 0. The Bertz CT molecular complexity index is 314. The van der Waals surface area contributed by atoms with Crippen LogP contribution in [0.25, 0.3) is 0 Å². The van der Waals surface area contributed by atoms with Gasteiger partial charge < -0.3 is 9.88 Å². The van der Waals surface area contributed by atoms with Crippen LogP contribution in [-0.2, 0) is 13.5 Å². The highest BCUT2D eigenvalue weighted by Crippen LogP contribution is 2.35. The number of aromatic nitrogens is 1. The van der Waals surface area contributed by atoms with Gasteiger partial charge in [0.2, 0.25) is 0 Å². The van der Waals surface area contributed by atoms with Crippen molar-refractivity contribution >= 4 is 0 Å². The molecule has 0 saturated heterocycles. The topological polar surface area (TPSA) is 17.0 Å². The van der Waals surface area contributed by atoms with Gasteiger partial charge in [-0.3, -0.25) is 0 Å². The molecule has 2 nitrogen and oxygen atoms in total. The summed E-state index contributed by atoms with van der Waals surface area (Å²) < 4.78 is 2.20. The summed E-state index contributed by atoms with van der Waals surface area (Å²) in [5.74, 6) is 1.53. The number of hydrogen-bond donors (Lipinski definition) is 1. The van der Waals surface area contributed by atoms with Gasteiger partial charge in [-0.1, -0.05) is 6.92 Å². The molecule has 0 bridgehead atoms. The number of nitrogens with zero attached hydrogens (tertiary/aromatic N) is 1. The van der Waals surface area contributed by atoms with Crippen LogP contribution in [0.2, 0.25) is 0 Å². The summed E-state index contributed by atoms with van der Waals surface area (Å²) in [6.07, 6.45) is 7.18. The van der Waals surface area contributed by atoms with Gasteiger partial charge in [0.15, 0.2) is 0 Å². The zero-order chi connectivity index (χ0) is 10.1. The lowest BCUT2D eigenvalue weighted by Crippen LogP contribution is -2.26. The van der Waals surface area contributed by atoms with Crippen LogP contribution in [0, 0.1) is 5.92 Å². The number of likely N-dealkylation sites (N-methyl/N-ethyl adjacent to an activating group) is 1. The SMILES string of the molecule is CNCC1c2cn(C)cc2CCC1C. The Hall–Kier alpha value is -0.760. The first-order valence-electron chi connectivity index (χ1n) is 5.51. The van der Waals surface area contributed by atoms with E-state index in [0.717, 1.165) is 12.5 Å². The largest absolute Gasteiger partial charge is 0.357 e. The van der Waals surface area contributed by atoms with Crippen molar-refractivity contribution in [2.75, 3.05) is 13.6 Å². The molecule has 1 aliphatic rings. The van der Waals surface area contributed by atoms with E-state index in [-0.39, 0.29) is 0 Å². The summed E-state index contributed by atoms with van der Waals surface area (Å²) in [5, 5.41) is 3.31. The van der Waals surface area contributed by atoms with Gasteiger partial charge in [-0.2, -0.15) is 0 Å². The van der Waals surface area contributed by atoms with Crippen LogP contribution in [0.1, 0.15) is 30.4 Å². The molecule has 1 aliphatic carbocycles. The molecule has 1 aromatic heterocycles. The maximum absolute atomic E-state index is 3.31. The van der Waals surface area contributed by atoms with Crippen LogP contribution in [0.4, 0.5) is 0 Å². The van der Waals surface area contributed by atoms with Crippen molar-refractivity contribution in [2.24, 2.45) is 13.0 Å². The van der Waals surface area contributed by atoms with Gasteiger partial charge in [0.05, 0.1) is 0 Å². The summed E-state index contributed by atoms with van der Waals surface area (Å²) in [7, 11) is 4.17. The second-order valence-electron chi connectivity index (χ2n) is 4.58. The number of rotatable bonds is 2. The van der Waals surface area contributed by atoms with E-state index in [1.165, 1.54) is 12.8 Å². The maximum Gasteiger partial charge on any atom is 0.0106 e. The van der Waals surface area contributed by atoms with Gasteiger partial charge in [-0.05, 0) is 36.9 Å². The predicted molar refractivity (Wildman–Crippen MR) is 59.6 cm³/mol. The highest BCUT2D eigenvalue weighted by atomic mass is 14.9. The molecule has 0 aliphatic heterocycles. The lowest BCUT2D eigenvalue weighted by atomic mass is 9.78. The summed E-state index contributed by atoms with van der Waals surface area (Å²) >= 11 is 0. The predicted octanol–water partition coefficient (Wildman–Crippen LogP) is 1.91. The van der Waals surface area contributed by atoms with Gasteiger partial charge in [0.1, 0.15) is 0 Å². The lowest BCUT2D eigenvalue weighted by molar-refractivity contribution is 0.394. The minimum Gasteiger partial charge on any atom is -0.357 e. The molecule has 1 aromatic rings. The van der Waals surface area contributed by atoms with Gasteiger partial charge >= 0.3 is 0 Å². The second kappa shape index (κ2) is 3.77. The Labute approximate surface area is 86.3 Å². The first-order chi connectivity index (χ1) is 6.72. The normalized spacial score (nSPS) is 26.2. The lowest BCUT2D eigenvalue weighted by Gasteiger charge is -2.29. The molecular weight excluding hydrogens is 172 g/mol. The van der Waals surface area contributed by atoms with Crippen LogP contribution < -0.4 is 5.32 Å². The molecule has 1 heterocycles. The molecule has 2 rings (SSSR count). The monoisotopic (exact) mass is 192 g/mol. The molecule has 2 atom stereocenters. The molecule has 14 heavy (non-hydrogen) atoms. The van der Waals surface area contributed by atoms with Crippen molar-refractivity contribution < 1.29 is 0 Å². The Morgan fingerprint density at radius 2 is 2.29 bits per heavy atom. The standard InChI is InChI=1S/C12H20N2/c1-9-4-5-10-7-14(3)8-12(10)11(9)6-13-2/h7-9,11,13H,4-6H2,1-3H3. The molecular formula is C12H20N2. The molecule has 0 aromatic carbocycles. The van der Waals surface area contributed by atoms with Gasteiger partial charge in [-0.25, -0.2) is 0 Å². The van der Waals surface area contributed by atoms with E-state index in [1.54, 1.807) is 11.1 Å². The second-order valence-corrected chi connectivity index (χ2v) is 4.58. The van der Waals surface area contributed by atoms with E-state index in [9.17, 15) is 0 Å². The summed E-state index contributed by atoms with van der Waals surface area (Å²) in [6.45, 7) is 3.48. The number of aryl methyl sites for hydroxylation is 2. The summed E-state index contributed by atoms with van der Waals surface area (Å²) in [6, 6.07) is 0. The Balaban J connectivity index is 2.30. The number of hydrogen-bond acceptors (Lipinski definition) is 1. The van der Waals surface area contributed by atoms with Crippen LogP contribution in [0.15, 0.2) is 12.4 Å². The third kappa shape index (κ3) is 1.59. The molecule has 0 saturated carbocycles. The first-order valence-corrected chi connectivity index (χ1v) is 5.51. The van der Waals surface area contributed by atoms with E-state index in [0.29, 0.717) is 5.92 Å². The van der Waals surface area contributed by atoms with Crippen molar-refractivity contribution in [1.82, 2.24) is 9.88 Å². The van der Waals surface area contributed by atoms with Crippen molar-refractivity contribution in [3.05, 3.63) is 23.5 Å². The minimum atomic E-state index is 0.713. The van der Waals surface area contributed by atoms with E-state index in [4.69, 9.17) is 0 Å². The maximum atomic E-state index is 3.31. The highest BCUT2D eigenvalue weighted by molar-refractivity contribution is 5.31. The third-order valence-corrected chi connectivity index (χ3v) is 3.45. The van der Waals surface area contributed by atoms with Crippen LogP contribution in [-0.4, -0.2) is 18.2 Å². The fraction of sp³-hybridized carbons (Fsp3) is 0.667. The smallest absolute Gasteiger partial charge is 0.0106 e. The van der Waals surface area contributed by atoms with E-state index < -0.39 is 0 Å². The quantitative estimate of drug-likeness (QED) is 0.757. The molecule has 78 valence electrons. The van der Waals surface area contributed by atoms with E-state index >= 15 is 0 Å². The van der Waals surface area contributed by atoms with E-state index in [2.05, 4.69) is 36.2 Å². The van der Waals surface area contributed by atoms with Gasteiger partial charge in [-0.15, -0.1) is 0 Å². The average molecular weight is 192 g/mol. The molecule has 0 fully saturated rings. The molecule has 0 radical (unpaired) electrons. The Morgan fingerprint density at radius 1 is 1.50 bits per heavy atom. The van der Waals surface area contributed by atoms with Crippen molar-refractivity contribution in [3.63, 3.8) is 0 Å². The molecule has 0 amide bonds. The van der Waals surface area contributed by atoms with E-state index in [1.807, 2.05) is 7.05 Å². The van der Waals surface area contributed by atoms with Crippen LogP contribution >= 0.6 is 0 Å². The summed E-state index contributed by atoms with van der Waals surface area (Å²) in [5.41, 5.74) is 3.13. The van der Waals surface area contributed by atoms with Crippen molar-refractivity contribution in [2.45, 2.75) is 25.7 Å². The third-order valence-electron chi connectivity index (χ3n) is 3.45. The zero-order valence-electron chi connectivity index (χ0n) is 9.38. The first kappa shape index (κ1) is 9.78. The Morgan fingerprint density at radius 3 is 3.00 bits per heavy atom.